The Balaban J connectivity index is 1.50. The summed E-state index contributed by atoms with van der Waals surface area (Å²) in [6, 6.07) is 9.44. The fourth-order valence-corrected chi connectivity index (χ4v) is 3.28. The van der Waals surface area contributed by atoms with Crippen molar-refractivity contribution in [1.29, 1.82) is 0 Å². The zero-order valence-electron chi connectivity index (χ0n) is 16.7. The van der Waals surface area contributed by atoms with Crippen LogP contribution in [0.25, 0.3) is 0 Å². The lowest BCUT2D eigenvalue weighted by atomic mass is 10.1. The van der Waals surface area contributed by atoms with E-state index in [4.69, 9.17) is 27.9 Å². The van der Waals surface area contributed by atoms with Crippen molar-refractivity contribution >= 4 is 58.3 Å². The SMILES string of the molecule is O=C(COC(=O)[C@@H]1CC(=O)N(NC(=O)c2ccc([N+](=O)[O-])cc2)C1)Nc1cccc(Cl)c1Cl. The molecule has 1 atom stereocenters. The summed E-state index contributed by atoms with van der Waals surface area (Å²) in [5, 5.41) is 14.5. The lowest BCUT2D eigenvalue weighted by Crippen LogP contribution is -2.43. The van der Waals surface area contributed by atoms with Gasteiger partial charge >= 0.3 is 5.97 Å². The second-order valence-electron chi connectivity index (χ2n) is 6.91. The smallest absolute Gasteiger partial charge is 0.311 e. The molecule has 2 aromatic rings. The van der Waals surface area contributed by atoms with Gasteiger partial charge in [-0.25, -0.2) is 0 Å². The van der Waals surface area contributed by atoms with E-state index in [1.165, 1.54) is 18.2 Å². The third-order valence-electron chi connectivity index (χ3n) is 4.61. The molecule has 3 rings (SSSR count). The molecule has 13 heteroatoms. The van der Waals surface area contributed by atoms with Crippen molar-refractivity contribution in [3.63, 3.8) is 0 Å². The number of halogens is 2. The molecule has 11 nitrogen and oxygen atoms in total. The summed E-state index contributed by atoms with van der Waals surface area (Å²) in [4.78, 5) is 58.8. The molecule has 0 radical (unpaired) electrons. The molecule has 0 bridgehead atoms. The number of rotatable bonds is 7. The van der Waals surface area contributed by atoms with Gasteiger partial charge in [0.2, 0.25) is 5.91 Å². The first-order chi connectivity index (χ1) is 15.7. The maximum atomic E-state index is 12.3. The zero-order valence-corrected chi connectivity index (χ0v) is 18.3. The predicted molar refractivity (Wildman–Crippen MR) is 116 cm³/mol. The summed E-state index contributed by atoms with van der Waals surface area (Å²) >= 11 is 11.9. The van der Waals surface area contributed by atoms with Gasteiger partial charge in [0, 0.05) is 24.1 Å². The van der Waals surface area contributed by atoms with Crippen LogP contribution in [0.2, 0.25) is 10.0 Å². The second kappa shape index (κ2) is 10.3. The van der Waals surface area contributed by atoms with E-state index in [2.05, 4.69) is 10.7 Å². The molecular formula is C20H16Cl2N4O7. The maximum Gasteiger partial charge on any atom is 0.311 e. The number of hydrazine groups is 1. The molecule has 2 aromatic carbocycles. The Morgan fingerprint density at radius 2 is 1.85 bits per heavy atom. The number of ether oxygens (including phenoxy) is 1. The lowest BCUT2D eigenvalue weighted by molar-refractivity contribution is -0.384. The average Bonchev–Trinajstić information content (AvgIpc) is 3.15. The van der Waals surface area contributed by atoms with E-state index in [-0.39, 0.29) is 39.9 Å². The van der Waals surface area contributed by atoms with Crippen LogP contribution in [0.5, 0.6) is 0 Å². The summed E-state index contributed by atoms with van der Waals surface area (Å²) in [5.41, 5.74) is 2.51. The second-order valence-corrected chi connectivity index (χ2v) is 7.69. The number of nitrogens with zero attached hydrogens (tertiary/aromatic N) is 2. The molecule has 0 unspecified atom stereocenters. The standard InChI is InChI=1S/C20H16Cl2N4O7/c21-14-2-1-3-15(18(14)22)23-16(27)10-33-20(30)12-8-17(28)25(9-12)24-19(29)11-4-6-13(7-5-11)26(31)32/h1-7,12H,8-10H2,(H,23,27)(H,24,29)/t12-/m1/s1. The number of nitrogens with one attached hydrogen (secondary N) is 2. The van der Waals surface area contributed by atoms with Crippen molar-refractivity contribution in [1.82, 2.24) is 10.4 Å². The molecule has 1 aliphatic heterocycles. The highest BCUT2D eigenvalue weighted by molar-refractivity contribution is 6.44. The summed E-state index contributed by atoms with van der Waals surface area (Å²) in [6.07, 6.45) is -0.221. The Kier molecular flexibility index (Phi) is 7.46. The first-order valence-electron chi connectivity index (χ1n) is 9.42. The Labute approximate surface area is 196 Å². The van der Waals surface area contributed by atoms with Gasteiger partial charge in [-0.15, -0.1) is 0 Å². The van der Waals surface area contributed by atoms with E-state index in [1.54, 1.807) is 12.1 Å². The van der Waals surface area contributed by atoms with Crippen LogP contribution in [0.3, 0.4) is 0 Å². The maximum absolute atomic E-state index is 12.3. The summed E-state index contributed by atoms with van der Waals surface area (Å²) in [7, 11) is 0. The normalized spacial score (nSPS) is 15.2. The number of nitro groups is 1. The van der Waals surface area contributed by atoms with Crippen molar-refractivity contribution in [3.05, 3.63) is 68.2 Å². The number of non-ortho nitro benzene ring substituents is 1. The van der Waals surface area contributed by atoms with Gasteiger partial charge in [-0.3, -0.25) is 39.7 Å². The number of nitro benzene ring substituents is 1. The Morgan fingerprint density at radius 1 is 1.15 bits per heavy atom. The molecule has 3 amide bonds. The lowest BCUT2D eigenvalue weighted by Gasteiger charge is -2.17. The number of carbonyl (C=O) groups excluding carboxylic acids is 4. The number of hydrogen-bond donors (Lipinski definition) is 2. The van der Waals surface area contributed by atoms with Gasteiger partial charge in [-0.05, 0) is 24.3 Å². The Hall–Kier alpha value is -3.70. The van der Waals surface area contributed by atoms with Crippen LogP contribution in [-0.2, 0) is 19.1 Å². The Bertz CT molecular complexity index is 1120. The van der Waals surface area contributed by atoms with Gasteiger partial charge in [0.15, 0.2) is 6.61 Å². The minimum atomic E-state index is -0.891. The molecule has 2 N–H and O–H groups in total. The fourth-order valence-electron chi connectivity index (χ4n) is 2.94. The van der Waals surface area contributed by atoms with Crippen LogP contribution < -0.4 is 10.7 Å². The average molecular weight is 495 g/mol. The van der Waals surface area contributed by atoms with Crippen LogP contribution in [0.4, 0.5) is 11.4 Å². The first kappa shape index (κ1) is 24.0. The van der Waals surface area contributed by atoms with Gasteiger partial charge in [0.05, 0.1) is 33.1 Å². The highest BCUT2D eigenvalue weighted by Crippen LogP contribution is 2.29. The highest BCUT2D eigenvalue weighted by atomic mass is 35.5. The van der Waals surface area contributed by atoms with E-state index in [1.807, 2.05) is 0 Å². The van der Waals surface area contributed by atoms with Gasteiger partial charge in [-0.2, -0.15) is 0 Å². The van der Waals surface area contributed by atoms with Crippen LogP contribution in [0.1, 0.15) is 16.8 Å². The van der Waals surface area contributed by atoms with Crippen LogP contribution in [0, 0.1) is 16.0 Å². The molecular weight excluding hydrogens is 479 g/mol. The number of benzene rings is 2. The van der Waals surface area contributed by atoms with Gasteiger partial charge in [0.1, 0.15) is 0 Å². The summed E-state index contributed by atoms with van der Waals surface area (Å²) in [5.74, 6) is -3.53. The molecule has 0 spiro atoms. The van der Waals surface area contributed by atoms with Crippen molar-refractivity contribution in [2.75, 3.05) is 18.5 Å². The monoisotopic (exact) mass is 494 g/mol. The van der Waals surface area contributed by atoms with Crippen LogP contribution >= 0.6 is 23.2 Å². The molecule has 1 heterocycles. The third kappa shape index (κ3) is 5.96. The van der Waals surface area contributed by atoms with Crippen molar-refractivity contribution in [2.24, 2.45) is 5.92 Å². The molecule has 1 aliphatic rings. The van der Waals surface area contributed by atoms with Crippen LogP contribution in [0.15, 0.2) is 42.5 Å². The van der Waals surface area contributed by atoms with Gasteiger partial charge in [-0.1, -0.05) is 29.3 Å². The van der Waals surface area contributed by atoms with E-state index in [0.29, 0.717) is 0 Å². The predicted octanol–water partition coefficient (Wildman–Crippen LogP) is 2.58. The first-order valence-corrected chi connectivity index (χ1v) is 10.2. The molecule has 0 saturated carbocycles. The van der Waals surface area contributed by atoms with Crippen LogP contribution in [-0.4, -0.2) is 46.8 Å². The quantitative estimate of drug-likeness (QED) is 0.341. The van der Waals surface area contributed by atoms with Crippen molar-refractivity contribution in [2.45, 2.75) is 6.42 Å². The molecule has 0 aliphatic carbocycles. The van der Waals surface area contributed by atoms with E-state index in [9.17, 15) is 29.3 Å². The zero-order chi connectivity index (χ0) is 24.1. The number of anilines is 1. The largest absolute Gasteiger partial charge is 0.455 e. The number of hydrogen-bond acceptors (Lipinski definition) is 7. The number of carbonyl (C=O) groups is 4. The number of esters is 1. The third-order valence-corrected chi connectivity index (χ3v) is 5.43. The molecule has 172 valence electrons. The fraction of sp³-hybridized carbons (Fsp3) is 0.200. The van der Waals surface area contributed by atoms with Crippen molar-refractivity contribution in [3.8, 4) is 0 Å². The summed E-state index contributed by atoms with van der Waals surface area (Å²) in [6.45, 7) is -0.764. The molecule has 33 heavy (non-hydrogen) atoms. The van der Waals surface area contributed by atoms with E-state index in [0.717, 1.165) is 17.1 Å². The topological polar surface area (TPSA) is 148 Å². The summed E-state index contributed by atoms with van der Waals surface area (Å²) < 4.78 is 4.97. The minimum absolute atomic E-state index is 0.0933. The van der Waals surface area contributed by atoms with Gasteiger partial charge in [0.25, 0.3) is 17.5 Å². The minimum Gasteiger partial charge on any atom is -0.455 e. The molecule has 1 fully saturated rings. The number of amides is 3. The van der Waals surface area contributed by atoms with E-state index >= 15 is 0 Å². The Morgan fingerprint density at radius 3 is 2.52 bits per heavy atom. The van der Waals surface area contributed by atoms with Gasteiger partial charge < -0.3 is 10.1 Å². The molecule has 1 saturated heterocycles. The molecule has 0 aromatic heterocycles. The highest BCUT2D eigenvalue weighted by Gasteiger charge is 2.36. The van der Waals surface area contributed by atoms with E-state index < -0.39 is 41.1 Å². The van der Waals surface area contributed by atoms with Crippen molar-refractivity contribution < 1.29 is 28.8 Å².